The molecule has 1 aromatic heterocycles. The molecule has 1 unspecified atom stereocenters. The predicted octanol–water partition coefficient (Wildman–Crippen LogP) is 2.03. The van der Waals surface area contributed by atoms with E-state index in [1.807, 2.05) is 6.07 Å². The smallest absolute Gasteiger partial charge is 0.223 e. The lowest BCUT2D eigenvalue weighted by Crippen LogP contribution is -2.49. The summed E-state index contributed by atoms with van der Waals surface area (Å²) in [6, 6.07) is 6.75. The number of ether oxygens (including phenoxy) is 1. The summed E-state index contributed by atoms with van der Waals surface area (Å²) in [6.07, 6.45) is 3.47. The Morgan fingerprint density at radius 1 is 1.46 bits per heavy atom. The SMILES string of the molecule is CC(C#N)(COc1ccc(F)c(F)c1)NC(=O)CCn1cccn1. The molecule has 8 heteroatoms. The number of aromatic nitrogens is 2. The van der Waals surface area contributed by atoms with Gasteiger partial charge in [0, 0.05) is 31.4 Å². The Hall–Kier alpha value is -2.95. The number of aryl methyl sites for hydroxylation is 1. The summed E-state index contributed by atoms with van der Waals surface area (Å²) >= 11 is 0. The lowest BCUT2D eigenvalue weighted by Gasteiger charge is -2.23. The van der Waals surface area contributed by atoms with Crippen molar-refractivity contribution in [3.05, 3.63) is 48.3 Å². The Morgan fingerprint density at radius 2 is 2.25 bits per heavy atom. The van der Waals surface area contributed by atoms with Crippen molar-refractivity contribution in [1.29, 1.82) is 5.26 Å². The van der Waals surface area contributed by atoms with Crippen molar-refractivity contribution in [1.82, 2.24) is 15.1 Å². The zero-order chi connectivity index (χ0) is 17.6. The number of hydrogen-bond acceptors (Lipinski definition) is 4. The van der Waals surface area contributed by atoms with Gasteiger partial charge in [-0.15, -0.1) is 0 Å². The van der Waals surface area contributed by atoms with Crippen LogP contribution < -0.4 is 10.1 Å². The molecule has 1 atom stereocenters. The first kappa shape index (κ1) is 17.4. The Bertz CT molecular complexity index is 743. The molecule has 2 rings (SSSR count). The summed E-state index contributed by atoms with van der Waals surface area (Å²) in [5, 5.41) is 15.8. The molecule has 0 spiro atoms. The van der Waals surface area contributed by atoms with Gasteiger partial charge in [-0.1, -0.05) is 0 Å². The van der Waals surface area contributed by atoms with Crippen LogP contribution in [0.4, 0.5) is 8.78 Å². The molecule has 1 aromatic carbocycles. The number of carbonyl (C=O) groups is 1. The fraction of sp³-hybridized carbons (Fsp3) is 0.312. The van der Waals surface area contributed by atoms with E-state index in [9.17, 15) is 18.8 Å². The molecule has 0 radical (unpaired) electrons. The first-order chi connectivity index (χ1) is 11.4. The molecular weight excluding hydrogens is 318 g/mol. The van der Waals surface area contributed by atoms with Gasteiger partial charge in [0.25, 0.3) is 0 Å². The molecule has 1 heterocycles. The number of nitriles is 1. The molecule has 24 heavy (non-hydrogen) atoms. The number of halogens is 2. The first-order valence-corrected chi connectivity index (χ1v) is 7.19. The number of nitrogens with zero attached hydrogens (tertiary/aromatic N) is 3. The van der Waals surface area contributed by atoms with Crippen molar-refractivity contribution in [2.45, 2.75) is 25.4 Å². The van der Waals surface area contributed by atoms with Gasteiger partial charge in [-0.25, -0.2) is 8.78 Å². The summed E-state index contributed by atoms with van der Waals surface area (Å²) in [7, 11) is 0. The highest BCUT2D eigenvalue weighted by molar-refractivity contribution is 5.77. The molecule has 0 saturated carbocycles. The van der Waals surface area contributed by atoms with Gasteiger partial charge < -0.3 is 10.1 Å². The van der Waals surface area contributed by atoms with Crippen LogP contribution in [0.25, 0.3) is 0 Å². The second-order valence-corrected chi connectivity index (χ2v) is 5.38. The molecule has 0 saturated heterocycles. The zero-order valence-corrected chi connectivity index (χ0v) is 13.0. The average molecular weight is 334 g/mol. The van der Waals surface area contributed by atoms with Gasteiger partial charge in [0.2, 0.25) is 5.91 Å². The average Bonchev–Trinajstić information content (AvgIpc) is 3.08. The number of rotatable bonds is 7. The van der Waals surface area contributed by atoms with E-state index in [-0.39, 0.29) is 24.7 Å². The van der Waals surface area contributed by atoms with E-state index >= 15 is 0 Å². The van der Waals surface area contributed by atoms with E-state index < -0.39 is 17.2 Å². The van der Waals surface area contributed by atoms with E-state index in [1.165, 1.54) is 13.0 Å². The standard InChI is InChI=1S/C16H16F2N4O2/c1-16(10-19,11-24-12-3-4-13(17)14(18)9-12)21-15(23)5-8-22-7-2-6-20-22/h2-4,6-7,9H,5,8,11H2,1H3,(H,21,23). The van der Waals surface area contributed by atoms with E-state index in [0.29, 0.717) is 6.54 Å². The van der Waals surface area contributed by atoms with Crippen molar-refractivity contribution in [2.75, 3.05) is 6.61 Å². The number of amides is 1. The van der Waals surface area contributed by atoms with E-state index in [2.05, 4.69) is 10.4 Å². The van der Waals surface area contributed by atoms with Crippen LogP contribution in [-0.4, -0.2) is 27.8 Å². The minimum absolute atomic E-state index is 0.0705. The molecule has 2 aromatic rings. The summed E-state index contributed by atoms with van der Waals surface area (Å²) in [5.41, 5.74) is -1.30. The van der Waals surface area contributed by atoms with Crippen LogP contribution in [-0.2, 0) is 11.3 Å². The van der Waals surface area contributed by atoms with E-state index in [4.69, 9.17) is 4.74 Å². The quantitative estimate of drug-likeness (QED) is 0.840. The summed E-state index contributed by atoms with van der Waals surface area (Å²) in [5.74, 6) is -2.31. The Morgan fingerprint density at radius 3 is 2.88 bits per heavy atom. The van der Waals surface area contributed by atoms with Crippen LogP contribution in [0.2, 0.25) is 0 Å². The lowest BCUT2D eigenvalue weighted by atomic mass is 10.1. The number of benzene rings is 1. The van der Waals surface area contributed by atoms with Gasteiger partial charge in [-0.05, 0) is 25.1 Å². The normalized spacial score (nSPS) is 12.9. The van der Waals surface area contributed by atoms with Crippen LogP contribution in [0, 0.1) is 23.0 Å². The van der Waals surface area contributed by atoms with Gasteiger partial charge in [-0.2, -0.15) is 10.4 Å². The number of nitrogens with one attached hydrogen (secondary N) is 1. The van der Waals surface area contributed by atoms with Gasteiger partial charge in [0.15, 0.2) is 17.2 Å². The van der Waals surface area contributed by atoms with Crippen molar-refractivity contribution in [3.8, 4) is 11.8 Å². The fourth-order valence-corrected chi connectivity index (χ4v) is 1.91. The Labute approximate surface area is 137 Å². The predicted molar refractivity (Wildman–Crippen MR) is 80.9 cm³/mol. The Kier molecular flexibility index (Phi) is 5.47. The van der Waals surface area contributed by atoms with E-state index in [0.717, 1.165) is 12.1 Å². The molecule has 6 nitrogen and oxygen atoms in total. The third kappa shape index (κ3) is 4.78. The molecule has 0 fully saturated rings. The van der Waals surface area contributed by atoms with Crippen LogP contribution in [0.15, 0.2) is 36.7 Å². The molecule has 1 amide bonds. The van der Waals surface area contributed by atoms with Crippen LogP contribution in [0.1, 0.15) is 13.3 Å². The van der Waals surface area contributed by atoms with Gasteiger partial charge in [0.1, 0.15) is 12.4 Å². The summed E-state index contributed by atoms with van der Waals surface area (Å²) < 4.78 is 32.9. The topological polar surface area (TPSA) is 79.9 Å². The zero-order valence-electron chi connectivity index (χ0n) is 13.0. The van der Waals surface area contributed by atoms with E-state index in [1.54, 1.807) is 23.1 Å². The maximum atomic E-state index is 13.1. The van der Waals surface area contributed by atoms with Crippen LogP contribution in [0.5, 0.6) is 5.75 Å². The first-order valence-electron chi connectivity index (χ1n) is 7.19. The van der Waals surface area contributed by atoms with Crippen molar-refractivity contribution in [3.63, 3.8) is 0 Å². The Balaban J connectivity index is 1.88. The highest BCUT2D eigenvalue weighted by Crippen LogP contribution is 2.17. The number of hydrogen-bond donors (Lipinski definition) is 1. The van der Waals surface area contributed by atoms with Gasteiger partial charge >= 0.3 is 0 Å². The maximum absolute atomic E-state index is 13.1. The molecule has 1 N–H and O–H groups in total. The molecule has 126 valence electrons. The van der Waals surface area contributed by atoms with Crippen LogP contribution >= 0.6 is 0 Å². The summed E-state index contributed by atoms with van der Waals surface area (Å²) in [4.78, 5) is 12.0. The molecule has 0 aliphatic carbocycles. The molecule has 0 bridgehead atoms. The minimum Gasteiger partial charge on any atom is -0.490 e. The van der Waals surface area contributed by atoms with Crippen LogP contribution in [0.3, 0.4) is 0 Å². The van der Waals surface area contributed by atoms with Crippen molar-refractivity contribution < 1.29 is 18.3 Å². The third-order valence-electron chi connectivity index (χ3n) is 3.21. The number of carbonyl (C=O) groups excluding carboxylic acids is 1. The summed E-state index contributed by atoms with van der Waals surface area (Å²) in [6.45, 7) is 1.66. The molecule has 0 aliphatic rings. The highest BCUT2D eigenvalue weighted by Gasteiger charge is 2.27. The highest BCUT2D eigenvalue weighted by atomic mass is 19.2. The second-order valence-electron chi connectivity index (χ2n) is 5.38. The third-order valence-corrected chi connectivity index (χ3v) is 3.21. The maximum Gasteiger partial charge on any atom is 0.223 e. The fourth-order valence-electron chi connectivity index (χ4n) is 1.91. The monoisotopic (exact) mass is 334 g/mol. The van der Waals surface area contributed by atoms with Gasteiger partial charge in [0.05, 0.1) is 6.07 Å². The van der Waals surface area contributed by atoms with Crippen molar-refractivity contribution >= 4 is 5.91 Å². The molecular formula is C16H16F2N4O2. The largest absolute Gasteiger partial charge is 0.490 e. The molecule has 0 aliphatic heterocycles. The van der Waals surface area contributed by atoms with Gasteiger partial charge in [-0.3, -0.25) is 9.48 Å². The lowest BCUT2D eigenvalue weighted by molar-refractivity contribution is -0.122. The van der Waals surface area contributed by atoms with Crippen molar-refractivity contribution in [2.24, 2.45) is 0 Å². The minimum atomic E-state index is -1.30. The second kappa shape index (κ2) is 7.55.